The van der Waals surface area contributed by atoms with Gasteiger partial charge in [0.15, 0.2) is 0 Å². The molecule has 1 amide bonds. The number of esters is 1. The zero-order chi connectivity index (χ0) is 18.4. The summed E-state index contributed by atoms with van der Waals surface area (Å²) >= 11 is 6.06. The van der Waals surface area contributed by atoms with Gasteiger partial charge < -0.3 is 20.3 Å². The zero-order valence-electron chi connectivity index (χ0n) is 14.3. The van der Waals surface area contributed by atoms with Crippen LogP contribution in [0, 0.1) is 0 Å². The van der Waals surface area contributed by atoms with E-state index in [-0.39, 0.29) is 12.5 Å². The van der Waals surface area contributed by atoms with Crippen molar-refractivity contribution in [3.8, 4) is 0 Å². The molecule has 0 unspecified atom stereocenters. The molecule has 2 N–H and O–H groups in total. The van der Waals surface area contributed by atoms with Gasteiger partial charge in [0.2, 0.25) is 5.91 Å². The lowest BCUT2D eigenvalue weighted by molar-refractivity contribution is -0.114. The van der Waals surface area contributed by atoms with Gasteiger partial charge in [0.25, 0.3) is 0 Å². The van der Waals surface area contributed by atoms with Gasteiger partial charge in [-0.1, -0.05) is 11.6 Å². The van der Waals surface area contributed by atoms with Gasteiger partial charge in [-0.15, -0.1) is 0 Å². The van der Waals surface area contributed by atoms with Crippen molar-refractivity contribution in [2.75, 3.05) is 43.3 Å². The van der Waals surface area contributed by atoms with Crippen LogP contribution in [0.5, 0.6) is 0 Å². The number of anilines is 3. The molecule has 2 rings (SSSR count). The summed E-state index contributed by atoms with van der Waals surface area (Å²) in [5.41, 5.74) is 2.57. The van der Waals surface area contributed by atoms with Crippen LogP contribution in [0.25, 0.3) is 0 Å². The quantitative estimate of drug-likeness (QED) is 0.773. The zero-order valence-corrected chi connectivity index (χ0v) is 15.1. The average molecular weight is 362 g/mol. The van der Waals surface area contributed by atoms with Crippen LogP contribution < -0.4 is 15.5 Å². The molecular weight excluding hydrogens is 342 g/mol. The van der Waals surface area contributed by atoms with Crippen molar-refractivity contribution >= 4 is 40.5 Å². The Kier molecular flexibility index (Phi) is 6.25. The number of benzene rings is 2. The van der Waals surface area contributed by atoms with Crippen molar-refractivity contribution < 1.29 is 14.3 Å². The molecular formula is C18H20ClN3O3. The molecule has 0 saturated heterocycles. The Balaban J connectivity index is 1.97. The van der Waals surface area contributed by atoms with Crippen molar-refractivity contribution in [2.45, 2.75) is 0 Å². The van der Waals surface area contributed by atoms with E-state index in [9.17, 15) is 9.59 Å². The minimum absolute atomic E-state index is 0.0695. The van der Waals surface area contributed by atoms with Gasteiger partial charge in [-0.05, 0) is 42.5 Å². The SMILES string of the molecule is COC(=O)c1ccc(Cl)c(NC(=O)CNc2ccc(N(C)C)cc2)c1. The number of ether oxygens (including phenoxy) is 1. The lowest BCUT2D eigenvalue weighted by Crippen LogP contribution is -2.22. The van der Waals surface area contributed by atoms with Crippen LogP contribution in [0.2, 0.25) is 5.02 Å². The molecule has 0 saturated carbocycles. The van der Waals surface area contributed by atoms with E-state index in [1.54, 1.807) is 0 Å². The first kappa shape index (κ1) is 18.6. The van der Waals surface area contributed by atoms with Gasteiger partial charge in [0.05, 0.1) is 29.9 Å². The molecule has 0 aliphatic carbocycles. The molecule has 0 aliphatic rings. The van der Waals surface area contributed by atoms with E-state index in [1.165, 1.54) is 25.3 Å². The monoisotopic (exact) mass is 361 g/mol. The largest absolute Gasteiger partial charge is 0.465 e. The van der Waals surface area contributed by atoms with E-state index < -0.39 is 5.97 Å². The Morgan fingerprint density at radius 2 is 1.80 bits per heavy atom. The van der Waals surface area contributed by atoms with Crippen LogP contribution in [0.4, 0.5) is 17.1 Å². The van der Waals surface area contributed by atoms with Crippen LogP contribution in [0.3, 0.4) is 0 Å². The van der Waals surface area contributed by atoms with Gasteiger partial charge in [-0.3, -0.25) is 4.79 Å². The third-order valence-electron chi connectivity index (χ3n) is 3.50. The van der Waals surface area contributed by atoms with E-state index in [2.05, 4.69) is 15.4 Å². The fraction of sp³-hybridized carbons (Fsp3) is 0.222. The fourth-order valence-corrected chi connectivity index (χ4v) is 2.28. The number of carbonyl (C=O) groups is 2. The van der Waals surface area contributed by atoms with Gasteiger partial charge in [0.1, 0.15) is 0 Å². The normalized spacial score (nSPS) is 10.1. The summed E-state index contributed by atoms with van der Waals surface area (Å²) in [6.07, 6.45) is 0. The van der Waals surface area contributed by atoms with Gasteiger partial charge in [-0.2, -0.15) is 0 Å². The number of amides is 1. The Morgan fingerprint density at radius 3 is 2.40 bits per heavy atom. The van der Waals surface area contributed by atoms with E-state index in [0.717, 1.165) is 11.4 Å². The number of hydrogen-bond donors (Lipinski definition) is 2. The summed E-state index contributed by atoms with van der Waals surface area (Å²) in [4.78, 5) is 25.7. The summed E-state index contributed by atoms with van der Waals surface area (Å²) in [7, 11) is 5.21. The third kappa shape index (κ3) is 5.12. The maximum Gasteiger partial charge on any atom is 0.337 e. The highest BCUT2D eigenvalue weighted by molar-refractivity contribution is 6.33. The van der Waals surface area contributed by atoms with Crippen LogP contribution in [0.1, 0.15) is 10.4 Å². The summed E-state index contributed by atoms with van der Waals surface area (Å²) < 4.78 is 4.66. The maximum absolute atomic E-state index is 12.1. The molecule has 0 bridgehead atoms. The predicted octanol–water partition coefficient (Wildman–Crippen LogP) is 3.24. The molecule has 0 fully saturated rings. The number of methoxy groups -OCH3 is 1. The molecule has 0 spiro atoms. The van der Waals surface area contributed by atoms with Crippen molar-refractivity contribution in [3.63, 3.8) is 0 Å². The third-order valence-corrected chi connectivity index (χ3v) is 3.83. The lowest BCUT2D eigenvalue weighted by Gasteiger charge is -2.13. The molecule has 0 radical (unpaired) electrons. The second-order valence-electron chi connectivity index (χ2n) is 5.53. The molecule has 7 heteroatoms. The van der Waals surface area contributed by atoms with Gasteiger partial charge in [-0.25, -0.2) is 4.79 Å². The topological polar surface area (TPSA) is 70.7 Å². The van der Waals surface area contributed by atoms with E-state index >= 15 is 0 Å². The first-order valence-corrected chi connectivity index (χ1v) is 7.97. The van der Waals surface area contributed by atoms with E-state index in [4.69, 9.17) is 11.6 Å². The molecule has 25 heavy (non-hydrogen) atoms. The predicted molar refractivity (Wildman–Crippen MR) is 101 cm³/mol. The van der Waals surface area contributed by atoms with Crippen molar-refractivity contribution in [1.82, 2.24) is 0 Å². The number of carbonyl (C=O) groups excluding carboxylic acids is 2. The standard InChI is InChI=1S/C18H20ClN3O3/c1-22(2)14-7-5-13(6-8-14)20-11-17(23)21-16-10-12(18(24)25-3)4-9-15(16)19/h4-10,20H,11H2,1-3H3,(H,21,23). The average Bonchev–Trinajstić information content (AvgIpc) is 2.61. The van der Waals surface area contributed by atoms with Crippen LogP contribution >= 0.6 is 11.6 Å². The minimum atomic E-state index is -0.494. The molecule has 0 atom stereocenters. The second-order valence-corrected chi connectivity index (χ2v) is 5.94. The van der Waals surface area contributed by atoms with E-state index in [1.807, 2.05) is 43.3 Å². The molecule has 0 aromatic heterocycles. The summed E-state index contributed by atoms with van der Waals surface area (Å²) in [6, 6.07) is 12.3. The Morgan fingerprint density at radius 1 is 1.12 bits per heavy atom. The van der Waals surface area contributed by atoms with Crippen LogP contribution in [-0.4, -0.2) is 39.6 Å². The van der Waals surface area contributed by atoms with Crippen LogP contribution in [0.15, 0.2) is 42.5 Å². The Hall–Kier alpha value is -2.73. The van der Waals surface area contributed by atoms with Crippen molar-refractivity contribution in [1.29, 1.82) is 0 Å². The minimum Gasteiger partial charge on any atom is -0.465 e. The first-order chi connectivity index (χ1) is 11.9. The highest BCUT2D eigenvalue weighted by Gasteiger charge is 2.11. The summed E-state index contributed by atoms with van der Waals surface area (Å²) in [6.45, 7) is 0.0695. The highest BCUT2D eigenvalue weighted by Crippen LogP contribution is 2.23. The molecule has 2 aromatic rings. The number of rotatable bonds is 6. The second kappa shape index (κ2) is 8.39. The lowest BCUT2D eigenvalue weighted by atomic mass is 10.2. The highest BCUT2D eigenvalue weighted by atomic mass is 35.5. The Bertz CT molecular complexity index is 761. The summed E-state index contributed by atoms with van der Waals surface area (Å²) in [5.74, 6) is -0.771. The molecule has 6 nitrogen and oxygen atoms in total. The van der Waals surface area contributed by atoms with E-state index in [0.29, 0.717) is 16.3 Å². The molecule has 2 aromatic carbocycles. The Labute approximate surface area is 151 Å². The van der Waals surface area contributed by atoms with Crippen LogP contribution in [-0.2, 0) is 9.53 Å². The molecule has 0 aliphatic heterocycles. The maximum atomic E-state index is 12.1. The van der Waals surface area contributed by atoms with Gasteiger partial charge >= 0.3 is 5.97 Å². The van der Waals surface area contributed by atoms with Gasteiger partial charge in [0, 0.05) is 25.5 Å². The molecule has 0 heterocycles. The first-order valence-electron chi connectivity index (χ1n) is 7.59. The number of hydrogen-bond acceptors (Lipinski definition) is 5. The molecule has 132 valence electrons. The number of nitrogens with one attached hydrogen (secondary N) is 2. The smallest absolute Gasteiger partial charge is 0.337 e. The van der Waals surface area contributed by atoms with Crippen molar-refractivity contribution in [2.24, 2.45) is 0 Å². The number of halogens is 1. The summed E-state index contributed by atoms with van der Waals surface area (Å²) in [5, 5.41) is 6.06. The number of nitrogens with zero attached hydrogens (tertiary/aromatic N) is 1. The fourth-order valence-electron chi connectivity index (χ4n) is 2.12. The van der Waals surface area contributed by atoms with Crippen molar-refractivity contribution in [3.05, 3.63) is 53.1 Å².